The van der Waals surface area contributed by atoms with Crippen LogP contribution >= 0.6 is 0 Å². The number of hydrogen-bond donors (Lipinski definition) is 1. The van der Waals surface area contributed by atoms with Crippen LogP contribution in [-0.4, -0.2) is 27.8 Å². The van der Waals surface area contributed by atoms with Crippen molar-refractivity contribution in [3.8, 4) is 0 Å². The summed E-state index contributed by atoms with van der Waals surface area (Å²) in [6, 6.07) is 9.44. The van der Waals surface area contributed by atoms with Crippen molar-refractivity contribution in [1.82, 2.24) is 5.32 Å². The average molecular weight is 251 g/mol. The zero-order valence-electron chi connectivity index (χ0n) is 11.7. The lowest BCUT2D eigenvalue weighted by molar-refractivity contribution is 0.171. The fourth-order valence-electron chi connectivity index (χ4n) is 1.72. The van der Waals surface area contributed by atoms with E-state index in [1.165, 1.54) is 10.8 Å². The van der Waals surface area contributed by atoms with E-state index in [0.717, 1.165) is 13.2 Å². The van der Waals surface area contributed by atoms with Crippen molar-refractivity contribution < 1.29 is 4.74 Å². The molecule has 0 spiro atoms. The highest BCUT2D eigenvalue weighted by Gasteiger charge is 2.15. The van der Waals surface area contributed by atoms with Crippen LogP contribution in [0.1, 0.15) is 12.5 Å². The molecule has 0 aliphatic heterocycles. The molecule has 1 unspecified atom stereocenters. The van der Waals surface area contributed by atoms with Crippen molar-refractivity contribution in [3.05, 3.63) is 29.8 Å². The van der Waals surface area contributed by atoms with E-state index in [0.29, 0.717) is 6.04 Å². The van der Waals surface area contributed by atoms with Crippen LogP contribution in [0.25, 0.3) is 0 Å². The fourth-order valence-corrected chi connectivity index (χ4v) is 2.89. The van der Waals surface area contributed by atoms with Crippen LogP contribution in [0.2, 0.25) is 19.6 Å². The second kappa shape index (κ2) is 6.33. The van der Waals surface area contributed by atoms with Gasteiger partial charge in [-0.2, -0.15) is 0 Å². The lowest BCUT2D eigenvalue weighted by atomic mass is 10.2. The lowest BCUT2D eigenvalue weighted by Crippen LogP contribution is -2.37. The summed E-state index contributed by atoms with van der Waals surface area (Å²) >= 11 is 0. The number of benzene rings is 1. The fraction of sp³-hybridized carbons (Fsp3) is 0.571. The van der Waals surface area contributed by atoms with Crippen molar-refractivity contribution in [1.29, 1.82) is 0 Å². The Morgan fingerprint density at radius 3 is 2.24 bits per heavy atom. The molecule has 0 saturated carbocycles. The molecule has 0 heterocycles. The topological polar surface area (TPSA) is 21.3 Å². The van der Waals surface area contributed by atoms with Crippen molar-refractivity contribution in [2.24, 2.45) is 0 Å². The first-order valence-corrected chi connectivity index (χ1v) is 9.75. The van der Waals surface area contributed by atoms with Gasteiger partial charge in [-0.1, -0.05) is 49.1 Å². The van der Waals surface area contributed by atoms with E-state index in [9.17, 15) is 0 Å². The summed E-state index contributed by atoms with van der Waals surface area (Å²) < 4.78 is 5.10. The van der Waals surface area contributed by atoms with Crippen LogP contribution in [0, 0.1) is 0 Å². The van der Waals surface area contributed by atoms with Crippen molar-refractivity contribution in [2.45, 2.75) is 39.2 Å². The summed E-state index contributed by atoms with van der Waals surface area (Å²) in [4.78, 5) is 0. The molecule has 1 rings (SSSR count). The second-order valence-electron chi connectivity index (χ2n) is 5.68. The molecular weight excluding hydrogens is 226 g/mol. The van der Waals surface area contributed by atoms with Crippen molar-refractivity contribution in [2.75, 3.05) is 13.7 Å². The third kappa shape index (κ3) is 5.02. The number of nitrogens with one attached hydrogen (secondary N) is 1. The predicted octanol–water partition coefficient (Wildman–Crippen LogP) is 2.36. The molecule has 2 nitrogen and oxygen atoms in total. The molecule has 0 saturated heterocycles. The molecular formula is C14H25NOSi. The molecule has 0 fully saturated rings. The average Bonchev–Trinajstić information content (AvgIpc) is 2.26. The maximum Gasteiger partial charge on any atom is 0.0775 e. The van der Waals surface area contributed by atoms with Crippen LogP contribution < -0.4 is 10.5 Å². The molecule has 0 amide bonds. The van der Waals surface area contributed by atoms with E-state index >= 15 is 0 Å². The zero-order chi connectivity index (χ0) is 12.9. The van der Waals surface area contributed by atoms with Gasteiger partial charge in [0.05, 0.1) is 14.7 Å². The van der Waals surface area contributed by atoms with Gasteiger partial charge in [-0.3, -0.25) is 0 Å². The van der Waals surface area contributed by atoms with Gasteiger partial charge in [0.2, 0.25) is 0 Å². The molecule has 0 bridgehead atoms. The van der Waals surface area contributed by atoms with E-state index in [-0.39, 0.29) is 0 Å². The van der Waals surface area contributed by atoms with Crippen molar-refractivity contribution >= 4 is 13.3 Å². The minimum Gasteiger partial charge on any atom is -0.383 e. The molecule has 1 N–H and O–H groups in total. The Morgan fingerprint density at radius 1 is 1.18 bits per heavy atom. The molecule has 1 atom stereocenters. The summed E-state index contributed by atoms with van der Waals surface area (Å²) in [5.74, 6) is 0. The van der Waals surface area contributed by atoms with Gasteiger partial charge >= 0.3 is 0 Å². The third-order valence-corrected chi connectivity index (χ3v) is 4.96. The lowest BCUT2D eigenvalue weighted by Gasteiger charge is -2.17. The Morgan fingerprint density at radius 2 is 1.76 bits per heavy atom. The summed E-state index contributed by atoms with van der Waals surface area (Å²) in [5, 5.41) is 4.96. The summed E-state index contributed by atoms with van der Waals surface area (Å²) in [5.41, 5.74) is 1.34. The summed E-state index contributed by atoms with van der Waals surface area (Å²) in [6.07, 6.45) is 0. The zero-order valence-corrected chi connectivity index (χ0v) is 12.7. The minimum atomic E-state index is -1.15. The summed E-state index contributed by atoms with van der Waals surface area (Å²) in [7, 11) is 0.583. The van der Waals surface area contributed by atoms with Gasteiger partial charge in [0.25, 0.3) is 0 Å². The van der Waals surface area contributed by atoms with Gasteiger partial charge < -0.3 is 10.1 Å². The predicted molar refractivity (Wildman–Crippen MR) is 77.6 cm³/mol. The first-order valence-electron chi connectivity index (χ1n) is 6.25. The Kier molecular flexibility index (Phi) is 5.37. The quantitative estimate of drug-likeness (QED) is 0.784. The van der Waals surface area contributed by atoms with E-state index in [2.05, 4.69) is 56.1 Å². The Bertz CT molecular complexity index is 329. The maximum atomic E-state index is 5.10. The van der Waals surface area contributed by atoms with Crippen molar-refractivity contribution in [3.63, 3.8) is 0 Å². The standard InChI is InChI=1S/C14H25NOSi/c1-12(11-16-2)15-10-13-6-8-14(9-7-13)17(3,4)5/h6-9,12,15H,10-11H2,1-5H3. The minimum absolute atomic E-state index is 0.400. The SMILES string of the molecule is COCC(C)NCc1ccc([Si](C)(C)C)cc1. The Balaban J connectivity index is 2.51. The maximum absolute atomic E-state index is 5.10. The molecule has 0 radical (unpaired) electrons. The van der Waals surface area contributed by atoms with Gasteiger partial charge in [0.1, 0.15) is 0 Å². The molecule has 0 aliphatic carbocycles. The molecule has 17 heavy (non-hydrogen) atoms. The second-order valence-corrected chi connectivity index (χ2v) is 10.8. The van der Waals surface area contributed by atoms with Gasteiger partial charge in [-0.05, 0) is 12.5 Å². The molecule has 96 valence electrons. The largest absolute Gasteiger partial charge is 0.383 e. The normalized spacial score (nSPS) is 13.7. The van der Waals surface area contributed by atoms with Gasteiger partial charge in [-0.25, -0.2) is 0 Å². The molecule has 1 aromatic rings. The van der Waals surface area contributed by atoms with Gasteiger partial charge in [0.15, 0.2) is 0 Å². The van der Waals surface area contributed by atoms with Crippen LogP contribution in [0.4, 0.5) is 0 Å². The van der Waals surface area contributed by atoms with Crippen LogP contribution in [0.3, 0.4) is 0 Å². The smallest absolute Gasteiger partial charge is 0.0775 e. The Hall–Kier alpha value is -0.643. The molecule has 1 aromatic carbocycles. The van der Waals surface area contributed by atoms with E-state index in [4.69, 9.17) is 4.74 Å². The van der Waals surface area contributed by atoms with Gasteiger partial charge in [0, 0.05) is 19.7 Å². The summed E-state index contributed by atoms with van der Waals surface area (Å²) in [6.45, 7) is 10.9. The van der Waals surface area contributed by atoms with E-state index < -0.39 is 8.07 Å². The first-order chi connectivity index (χ1) is 7.93. The van der Waals surface area contributed by atoms with E-state index in [1.807, 2.05) is 0 Å². The number of ether oxygens (including phenoxy) is 1. The highest BCUT2D eigenvalue weighted by atomic mass is 28.3. The Labute approximate surface area is 106 Å². The first kappa shape index (κ1) is 14.4. The van der Waals surface area contributed by atoms with Crippen LogP contribution in [0.5, 0.6) is 0 Å². The number of hydrogen-bond acceptors (Lipinski definition) is 2. The monoisotopic (exact) mass is 251 g/mol. The number of methoxy groups -OCH3 is 1. The molecule has 0 aromatic heterocycles. The van der Waals surface area contributed by atoms with Crippen LogP contribution in [-0.2, 0) is 11.3 Å². The molecule has 3 heteroatoms. The highest BCUT2D eigenvalue weighted by molar-refractivity contribution is 6.88. The van der Waals surface area contributed by atoms with E-state index in [1.54, 1.807) is 7.11 Å². The molecule has 0 aliphatic rings. The van der Waals surface area contributed by atoms with Gasteiger partial charge in [-0.15, -0.1) is 0 Å². The van der Waals surface area contributed by atoms with Crippen LogP contribution in [0.15, 0.2) is 24.3 Å². The highest BCUT2D eigenvalue weighted by Crippen LogP contribution is 2.04. The third-order valence-electron chi connectivity index (χ3n) is 2.89. The number of rotatable bonds is 6.